The molecule has 0 saturated heterocycles. The topological polar surface area (TPSA) is 26.0 Å². The standard InChI is InChI=1S/C14H20FN/c1-11-5-2-3-6-12(11)9-14(15)8-4-7-13(16)10-14/h2-3,5-6,13H,4,7-10,16H2,1H3. The molecule has 0 aliphatic heterocycles. The molecule has 2 N–H and O–H groups in total. The predicted molar refractivity (Wildman–Crippen MR) is 65.2 cm³/mol. The van der Waals surface area contributed by atoms with E-state index in [0.29, 0.717) is 19.3 Å². The van der Waals surface area contributed by atoms with Crippen LogP contribution in [0.3, 0.4) is 0 Å². The maximum absolute atomic E-state index is 14.6. The molecule has 0 heterocycles. The van der Waals surface area contributed by atoms with Crippen molar-refractivity contribution in [3.8, 4) is 0 Å². The van der Waals surface area contributed by atoms with E-state index in [9.17, 15) is 4.39 Å². The van der Waals surface area contributed by atoms with E-state index >= 15 is 0 Å². The second-order valence-electron chi connectivity index (χ2n) is 5.11. The average molecular weight is 221 g/mol. The Labute approximate surface area is 96.9 Å². The lowest BCUT2D eigenvalue weighted by Gasteiger charge is -2.33. The monoisotopic (exact) mass is 221 g/mol. The molecule has 1 aromatic carbocycles. The fourth-order valence-electron chi connectivity index (χ4n) is 2.67. The van der Waals surface area contributed by atoms with E-state index in [-0.39, 0.29) is 6.04 Å². The van der Waals surface area contributed by atoms with Crippen LogP contribution in [0.1, 0.15) is 36.8 Å². The number of nitrogens with two attached hydrogens (primary N) is 1. The zero-order valence-corrected chi connectivity index (χ0v) is 9.88. The van der Waals surface area contributed by atoms with Gasteiger partial charge in [-0.3, -0.25) is 0 Å². The van der Waals surface area contributed by atoms with Gasteiger partial charge in [-0.2, -0.15) is 0 Å². The van der Waals surface area contributed by atoms with Gasteiger partial charge in [0, 0.05) is 12.5 Å². The summed E-state index contributed by atoms with van der Waals surface area (Å²) in [5, 5.41) is 0. The Morgan fingerprint density at radius 1 is 1.44 bits per heavy atom. The van der Waals surface area contributed by atoms with Crippen molar-refractivity contribution >= 4 is 0 Å². The van der Waals surface area contributed by atoms with Gasteiger partial charge in [0.05, 0.1) is 0 Å². The van der Waals surface area contributed by atoms with Crippen LogP contribution in [0.25, 0.3) is 0 Å². The fraction of sp³-hybridized carbons (Fsp3) is 0.571. The van der Waals surface area contributed by atoms with E-state index in [1.165, 1.54) is 5.56 Å². The van der Waals surface area contributed by atoms with Gasteiger partial charge < -0.3 is 5.73 Å². The van der Waals surface area contributed by atoms with E-state index in [1.54, 1.807) is 0 Å². The van der Waals surface area contributed by atoms with Crippen LogP contribution in [-0.2, 0) is 6.42 Å². The lowest BCUT2D eigenvalue weighted by Crippen LogP contribution is -2.39. The van der Waals surface area contributed by atoms with Crippen molar-refractivity contribution in [2.75, 3.05) is 0 Å². The summed E-state index contributed by atoms with van der Waals surface area (Å²) in [5.41, 5.74) is 7.09. The van der Waals surface area contributed by atoms with Crippen LogP contribution in [0.5, 0.6) is 0 Å². The first-order valence-corrected chi connectivity index (χ1v) is 6.08. The lowest BCUT2D eigenvalue weighted by atomic mass is 9.79. The number of halogens is 1. The molecule has 0 bridgehead atoms. The molecular formula is C14H20FN. The van der Waals surface area contributed by atoms with Gasteiger partial charge in [-0.1, -0.05) is 24.3 Å². The highest BCUT2D eigenvalue weighted by Crippen LogP contribution is 2.34. The van der Waals surface area contributed by atoms with Crippen molar-refractivity contribution in [3.05, 3.63) is 35.4 Å². The summed E-state index contributed by atoms with van der Waals surface area (Å²) < 4.78 is 14.6. The van der Waals surface area contributed by atoms with Crippen molar-refractivity contribution in [3.63, 3.8) is 0 Å². The van der Waals surface area contributed by atoms with Crippen molar-refractivity contribution in [2.45, 2.75) is 50.7 Å². The fourth-order valence-corrected chi connectivity index (χ4v) is 2.67. The molecule has 0 aromatic heterocycles. The molecule has 16 heavy (non-hydrogen) atoms. The number of hydrogen-bond donors (Lipinski definition) is 1. The third kappa shape index (κ3) is 2.62. The summed E-state index contributed by atoms with van der Waals surface area (Å²) in [6.07, 6.45) is 3.59. The third-order valence-corrected chi connectivity index (χ3v) is 3.60. The zero-order chi connectivity index (χ0) is 11.6. The predicted octanol–water partition coefficient (Wildman–Crippen LogP) is 3.15. The molecule has 88 valence electrons. The van der Waals surface area contributed by atoms with Crippen LogP contribution < -0.4 is 5.73 Å². The van der Waals surface area contributed by atoms with Crippen molar-refractivity contribution < 1.29 is 4.39 Å². The average Bonchev–Trinajstić information content (AvgIpc) is 2.21. The second kappa shape index (κ2) is 4.54. The number of rotatable bonds is 2. The Hall–Kier alpha value is -0.890. The summed E-state index contributed by atoms with van der Waals surface area (Å²) in [4.78, 5) is 0. The first-order valence-electron chi connectivity index (χ1n) is 6.08. The Kier molecular flexibility index (Phi) is 3.29. The summed E-state index contributed by atoms with van der Waals surface area (Å²) in [7, 11) is 0. The molecule has 2 rings (SSSR count). The molecule has 1 aliphatic rings. The minimum atomic E-state index is -1.08. The van der Waals surface area contributed by atoms with E-state index in [4.69, 9.17) is 5.73 Å². The Morgan fingerprint density at radius 2 is 2.19 bits per heavy atom. The molecule has 0 spiro atoms. The molecule has 1 fully saturated rings. The number of benzene rings is 1. The Morgan fingerprint density at radius 3 is 2.88 bits per heavy atom. The summed E-state index contributed by atoms with van der Waals surface area (Å²) in [5.74, 6) is 0. The van der Waals surface area contributed by atoms with Crippen molar-refractivity contribution in [2.24, 2.45) is 5.73 Å². The van der Waals surface area contributed by atoms with E-state index < -0.39 is 5.67 Å². The number of hydrogen-bond acceptors (Lipinski definition) is 1. The van der Waals surface area contributed by atoms with Gasteiger partial charge in [-0.05, 0) is 43.7 Å². The van der Waals surface area contributed by atoms with Gasteiger partial charge in [0.25, 0.3) is 0 Å². The van der Waals surface area contributed by atoms with Gasteiger partial charge in [0.1, 0.15) is 5.67 Å². The van der Waals surface area contributed by atoms with Crippen LogP contribution in [-0.4, -0.2) is 11.7 Å². The first kappa shape index (κ1) is 11.6. The van der Waals surface area contributed by atoms with Crippen LogP contribution >= 0.6 is 0 Å². The van der Waals surface area contributed by atoms with Crippen LogP contribution in [0.15, 0.2) is 24.3 Å². The molecule has 1 nitrogen and oxygen atoms in total. The van der Waals surface area contributed by atoms with Crippen molar-refractivity contribution in [1.82, 2.24) is 0 Å². The quantitative estimate of drug-likeness (QED) is 0.815. The molecule has 2 unspecified atom stereocenters. The Bertz CT molecular complexity index is 364. The lowest BCUT2D eigenvalue weighted by molar-refractivity contribution is 0.0963. The molecular weight excluding hydrogens is 201 g/mol. The molecule has 0 amide bonds. The molecule has 1 aromatic rings. The maximum Gasteiger partial charge on any atom is 0.116 e. The molecule has 2 atom stereocenters. The van der Waals surface area contributed by atoms with Gasteiger partial charge in [0.15, 0.2) is 0 Å². The highest BCUT2D eigenvalue weighted by molar-refractivity contribution is 5.27. The minimum Gasteiger partial charge on any atom is -0.328 e. The molecule has 1 aliphatic carbocycles. The normalized spacial score (nSPS) is 30.3. The highest BCUT2D eigenvalue weighted by Gasteiger charge is 2.35. The van der Waals surface area contributed by atoms with Crippen molar-refractivity contribution in [1.29, 1.82) is 0 Å². The van der Waals surface area contributed by atoms with E-state index in [1.807, 2.05) is 31.2 Å². The van der Waals surface area contributed by atoms with E-state index in [2.05, 4.69) is 0 Å². The van der Waals surface area contributed by atoms with Gasteiger partial charge in [-0.25, -0.2) is 4.39 Å². The SMILES string of the molecule is Cc1ccccc1CC1(F)CCCC(N)C1. The molecule has 1 saturated carbocycles. The van der Waals surface area contributed by atoms with Crippen LogP contribution in [0.2, 0.25) is 0 Å². The third-order valence-electron chi connectivity index (χ3n) is 3.60. The number of alkyl halides is 1. The first-order chi connectivity index (χ1) is 7.59. The van der Waals surface area contributed by atoms with Crippen LogP contribution in [0, 0.1) is 6.92 Å². The Balaban J connectivity index is 2.11. The molecule has 0 radical (unpaired) electrons. The smallest absolute Gasteiger partial charge is 0.116 e. The van der Waals surface area contributed by atoms with Gasteiger partial charge in [-0.15, -0.1) is 0 Å². The maximum atomic E-state index is 14.6. The summed E-state index contributed by atoms with van der Waals surface area (Å²) in [6.45, 7) is 2.04. The minimum absolute atomic E-state index is 0.0442. The largest absolute Gasteiger partial charge is 0.328 e. The second-order valence-corrected chi connectivity index (χ2v) is 5.11. The van der Waals surface area contributed by atoms with Crippen LogP contribution in [0.4, 0.5) is 4.39 Å². The zero-order valence-electron chi connectivity index (χ0n) is 9.88. The summed E-state index contributed by atoms with van der Waals surface area (Å²) >= 11 is 0. The summed E-state index contributed by atoms with van der Waals surface area (Å²) in [6, 6.07) is 8.09. The number of aryl methyl sites for hydroxylation is 1. The highest BCUT2D eigenvalue weighted by atomic mass is 19.1. The van der Waals surface area contributed by atoms with Gasteiger partial charge in [0.2, 0.25) is 0 Å². The van der Waals surface area contributed by atoms with E-state index in [0.717, 1.165) is 18.4 Å². The molecule has 2 heteroatoms. The van der Waals surface area contributed by atoms with Gasteiger partial charge >= 0.3 is 0 Å².